The minimum atomic E-state index is -0.782. The Labute approximate surface area is 222 Å². The number of fused-ring (bicyclic) bond motifs is 1. The summed E-state index contributed by atoms with van der Waals surface area (Å²) < 4.78 is 8.27. The molecule has 2 heterocycles. The molecule has 0 radical (unpaired) electrons. The zero-order valence-electron chi connectivity index (χ0n) is 20.4. The normalized spacial score (nSPS) is 10.7. The molecule has 188 valence electrons. The molecule has 0 aliphatic rings. The van der Waals surface area contributed by atoms with Gasteiger partial charge in [-0.25, -0.2) is 0 Å². The van der Waals surface area contributed by atoms with E-state index < -0.39 is 5.97 Å². The second kappa shape index (κ2) is 12.2. The van der Waals surface area contributed by atoms with Crippen LogP contribution in [0.15, 0.2) is 103 Å². The molecule has 3 aromatic carbocycles. The quantitative estimate of drug-likeness (QED) is 0.223. The lowest BCUT2D eigenvalue weighted by Gasteiger charge is -2.10. The third-order valence-electron chi connectivity index (χ3n) is 6.30. The maximum atomic E-state index is 11.1. The van der Waals surface area contributed by atoms with Crippen molar-refractivity contribution in [3.63, 3.8) is 0 Å². The van der Waals surface area contributed by atoms with E-state index in [9.17, 15) is 4.79 Å². The molecule has 37 heavy (non-hydrogen) atoms. The first-order valence-electron chi connectivity index (χ1n) is 12.2. The average molecular weight is 513 g/mol. The summed E-state index contributed by atoms with van der Waals surface area (Å²) >= 11 is 0. The predicted molar refractivity (Wildman–Crippen MR) is 149 cm³/mol. The fourth-order valence-electron chi connectivity index (χ4n) is 4.44. The van der Waals surface area contributed by atoms with Crippen LogP contribution in [0.5, 0.6) is 5.75 Å². The number of aliphatic carboxylic acids is 1. The van der Waals surface area contributed by atoms with Crippen LogP contribution >= 0.6 is 12.4 Å². The van der Waals surface area contributed by atoms with E-state index in [-0.39, 0.29) is 18.8 Å². The molecule has 0 amide bonds. The van der Waals surface area contributed by atoms with Crippen LogP contribution < -0.4 is 4.74 Å². The number of ether oxygens (including phenoxy) is 1. The SMILES string of the molecule is Cl.O=C(O)CCc1ccc2c(c1)c(CCc1ccccn1)cn2-c1cccc(OCc2ccccc2)c1. The van der Waals surface area contributed by atoms with E-state index in [1.54, 1.807) is 0 Å². The Hall–Kier alpha value is -4.09. The number of pyridine rings is 1. The summed E-state index contributed by atoms with van der Waals surface area (Å²) in [5.74, 6) is 0.0293. The third-order valence-corrected chi connectivity index (χ3v) is 6.30. The molecule has 0 unspecified atom stereocenters. The van der Waals surface area contributed by atoms with E-state index in [4.69, 9.17) is 9.84 Å². The van der Waals surface area contributed by atoms with Crippen LogP contribution in [-0.4, -0.2) is 20.6 Å². The van der Waals surface area contributed by atoms with Crippen LogP contribution in [-0.2, 0) is 30.7 Å². The number of carbonyl (C=O) groups is 1. The van der Waals surface area contributed by atoms with Crippen molar-refractivity contribution in [1.29, 1.82) is 0 Å². The molecule has 0 atom stereocenters. The number of benzene rings is 3. The molecule has 5 aromatic rings. The van der Waals surface area contributed by atoms with Gasteiger partial charge in [0.1, 0.15) is 12.4 Å². The molecule has 5 rings (SSSR count). The smallest absolute Gasteiger partial charge is 0.303 e. The van der Waals surface area contributed by atoms with Crippen molar-refractivity contribution in [2.75, 3.05) is 0 Å². The van der Waals surface area contributed by atoms with Crippen molar-refractivity contribution in [3.05, 3.63) is 126 Å². The van der Waals surface area contributed by atoms with Crippen LogP contribution in [0.1, 0.15) is 28.8 Å². The van der Waals surface area contributed by atoms with Gasteiger partial charge < -0.3 is 14.4 Å². The molecule has 0 aliphatic heterocycles. The molecule has 2 aromatic heterocycles. The van der Waals surface area contributed by atoms with Gasteiger partial charge in [0.2, 0.25) is 0 Å². The summed E-state index contributed by atoms with van der Waals surface area (Å²) in [5, 5.41) is 10.3. The Bertz CT molecular complexity index is 1470. The first-order chi connectivity index (χ1) is 17.7. The van der Waals surface area contributed by atoms with E-state index in [0.717, 1.165) is 52.0 Å². The van der Waals surface area contributed by atoms with Gasteiger partial charge in [0.05, 0.1) is 5.52 Å². The zero-order valence-corrected chi connectivity index (χ0v) is 21.2. The molecule has 0 bridgehead atoms. The van der Waals surface area contributed by atoms with Crippen LogP contribution in [0, 0.1) is 0 Å². The topological polar surface area (TPSA) is 64.3 Å². The first-order valence-corrected chi connectivity index (χ1v) is 12.2. The molecule has 0 saturated heterocycles. The number of aryl methyl sites for hydroxylation is 3. The highest BCUT2D eigenvalue weighted by molar-refractivity contribution is 5.86. The molecular weight excluding hydrogens is 484 g/mol. The second-order valence-electron chi connectivity index (χ2n) is 8.86. The van der Waals surface area contributed by atoms with E-state index in [1.165, 1.54) is 5.56 Å². The molecule has 1 N–H and O–H groups in total. The van der Waals surface area contributed by atoms with Crippen LogP contribution in [0.2, 0.25) is 0 Å². The number of nitrogens with zero attached hydrogens (tertiary/aromatic N) is 2. The van der Waals surface area contributed by atoms with Gasteiger partial charge >= 0.3 is 5.97 Å². The Morgan fingerprint density at radius 1 is 0.838 bits per heavy atom. The summed E-state index contributed by atoms with van der Waals surface area (Å²) in [7, 11) is 0. The lowest BCUT2D eigenvalue weighted by Crippen LogP contribution is -1.98. The van der Waals surface area contributed by atoms with E-state index in [0.29, 0.717) is 13.0 Å². The number of halogens is 1. The fraction of sp³-hybridized carbons (Fsp3) is 0.161. The van der Waals surface area contributed by atoms with Crippen molar-refractivity contribution in [2.24, 2.45) is 0 Å². The summed E-state index contributed by atoms with van der Waals surface area (Å²) in [6.45, 7) is 0.513. The first kappa shape index (κ1) is 26.0. The maximum Gasteiger partial charge on any atom is 0.303 e. The summed E-state index contributed by atoms with van der Waals surface area (Å²) in [6, 6.07) is 30.5. The molecule has 0 spiro atoms. The number of hydrogen-bond donors (Lipinski definition) is 1. The third kappa shape index (κ3) is 6.57. The largest absolute Gasteiger partial charge is 0.489 e. The maximum absolute atomic E-state index is 11.1. The minimum absolute atomic E-state index is 0. The zero-order chi connectivity index (χ0) is 24.7. The molecule has 0 fully saturated rings. The lowest BCUT2D eigenvalue weighted by atomic mass is 10.0. The number of rotatable bonds is 10. The highest BCUT2D eigenvalue weighted by Gasteiger charge is 2.13. The second-order valence-corrected chi connectivity index (χ2v) is 8.86. The van der Waals surface area contributed by atoms with Crippen molar-refractivity contribution >= 4 is 29.3 Å². The Morgan fingerprint density at radius 2 is 1.68 bits per heavy atom. The Kier molecular flexibility index (Phi) is 8.60. The number of aromatic nitrogens is 2. The highest BCUT2D eigenvalue weighted by atomic mass is 35.5. The standard InChI is InChI=1S/C31H28N2O3.ClH/c34-31(35)17-13-23-12-16-30-29(19-23)25(14-15-26-9-4-5-18-32-26)21-33(30)27-10-6-11-28(20-27)36-22-24-7-2-1-3-8-24;/h1-12,16,18-21H,13-15,17,22H2,(H,34,35);1H. The van der Waals surface area contributed by atoms with Crippen LogP contribution in [0.25, 0.3) is 16.6 Å². The highest BCUT2D eigenvalue weighted by Crippen LogP contribution is 2.29. The molecule has 0 saturated carbocycles. The van der Waals surface area contributed by atoms with Gasteiger partial charge in [-0.1, -0.05) is 48.5 Å². The number of carboxylic acids is 1. The average Bonchev–Trinajstić information content (AvgIpc) is 3.29. The molecular formula is C31H29ClN2O3. The van der Waals surface area contributed by atoms with E-state index in [1.807, 2.05) is 60.8 Å². The number of hydrogen-bond acceptors (Lipinski definition) is 3. The summed E-state index contributed by atoms with van der Waals surface area (Å²) in [5.41, 5.74) is 6.53. The lowest BCUT2D eigenvalue weighted by molar-refractivity contribution is -0.136. The molecule has 6 heteroatoms. The van der Waals surface area contributed by atoms with Crippen LogP contribution in [0.3, 0.4) is 0 Å². The Morgan fingerprint density at radius 3 is 2.46 bits per heavy atom. The van der Waals surface area contributed by atoms with Gasteiger partial charge in [0.15, 0.2) is 0 Å². The monoisotopic (exact) mass is 512 g/mol. The van der Waals surface area contributed by atoms with Gasteiger partial charge in [0.25, 0.3) is 0 Å². The van der Waals surface area contributed by atoms with Gasteiger partial charge in [-0.3, -0.25) is 9.78 Å². The Balaban J connectivity index is 0.00000320. The van der Waals surface area contributed by atoms with E-state index >= 15 is 0 Å². The van der Waals surface area contributed by atoms with Crippen molar-refractivity contribution in [2.45, 2.75) is 32.3 Å². The number of carboxylic acid groups (broad SMARTS) is 1. The van der Waals surface area contributed by atoms with Gasteiger partial charge in [-0.05, 0) is 72.4 Å². The van der Waals surface area contributed by atoms with E-state index in [2.05, 4.69) is 52.1 Å². The van der Waals surface area contributed by atoms with Gasteiger partial charge in [-0.2, -0.15) is 0 Å². The summed E-state index contributed by atoms with van der Waals surface area (Å²) in [4.78, 5) is 15.6. The predicted octanol–water partition coefficient (Wildman–Crippen LogP) is 6.83. The molecule has 5 nitrogen and oxygen atoms in total. The molecule has 0 aliphatic carbocycles. The van der Waals surface area contributed by atoms with Crippen LogP contribution in [0.4, 0.5) is 0 Å². The van der Waals surface area contributed by atoms with Gasteiger partial charge in [-0.15, -0.1) is 12.4 Å². The van der Waals surface area contributed by atoms with Crippen molar-refractivity contribution in [1.82, 2.24) is 9.55 Å². The van der Waals surface area contributed by atoms with Crippen molar-refractivity contribution in [3.8, 4) is 11.4 Å². The minimum Gasteiger partial charge on any atom is -0.489 e. The van der Waals surface area contributed by atoms with Gasteiger partial charge in [0, 0.05) is 41.6 Å². The fourth-order valence-corrected chi connectivity index (χ4v) is 4.44. The summed E-state index contributed by atoms with van der Waals surface area (Å²) in [6.07, 6.45) is 6.32. The van der Waals surface area contributed by atoms with Crippen molar-refractivity contribution < 1.29 is 14.6 Å².